The summed E-state index contributed by atoms with van der Waals surface area (Å²) in [6.45, 7) is 6.88. The van der Waals surface area contributed by atoms with Gasteiger partial charge in [0.05, 0.1) is 0 Å². The van der Waals surface area contributed by atoms with Gasteiger partial charge in [0.25, 0.3) is 0 Å². The van der Waals surface area contributed by atoms with Crippen molar-refractivity contribution in [3.8, 4) is 0 Å². The quantitative estimate of drug-likeness (QED) is 0.829. The molecule has 2 aliphatic rings. The molecule has 0 amide bonds. The standard InChI is InChI=1S/C16H32N2/c1-3-14-8-7-10-16(12-14,13-17)18-11-6-5-9-15(18)4-2/h14-15H,3-13,17H2,1-2H3. The summed E-state index contributed by atoms with van der Waals surface area (Å²) in [5.41, 5.74) is 6.61. The van der Waals surface area contributed by atoms with Crippen LogP contribution in [0.4, 0.5) is 0 Å². The highest BCUT2D eigenvalue weighted by atomic mass is 15.2. The predicted molar refractivity (Wildman–Crippen MR) is 78.7 cm³/mol. The number of piperidine rings is 1. The van der Waals surface area contributed by atoms with Gasteiger partial charge in [-0.2, -0.15) is 0 Å². The molecule has 0 aromatic heterocycles. The Morgan fingerprint density at radius 2 is 1.94 bits per heavy atom. The lowest BCUT2D eigenvalue weighted by Crippen LogP contribution is -2.61. The molecule has 3 atom stereocenters. The summed E-state index contributed by atoms with van der Waals surface area (Å²) >= 11 is 0. The largest absolute Gasteiger partial charge is 0.329 e. The Labute approximate surface area is 113 Å². The van der Waals surface area contributed by atoms with Gasteiger partial charge in [-0.1, -0.05) is 39.5 Å². The van der Waals surface area contributed by atoms with Crippen LogP contribution in [0.2, 0.25) is 0 Å². The van der Waals surface area contributed by atoms with Gasteiger partial charge in [-0.15, -0.1) is 0 Å². The Kier molecular flexibility index (Phi) is 5.08. The predicted octanol–water partition coefficient (Wildman–Crippen LogP) is 3.55. The second-order valence-corrected chi connectivity index (χ2v) is 6.55. The van der Waals surface area contributed by atoms with E-state index in [1.165, 1.54) is 64.3 Å². The average Bonchev–Trinajstić information content (AvgIpc) is 2.47. The number of rotatable bonds is 4. The first-order valence-electron chi connectivity index (χ1n) is 8.22. The van der Waals surface area contributed by atoms with Gasteiger partial charge in [-0.25, -0.2) is 0 Å². The third kappa shape index (κ3) is 2.75. The van der Waals surface area contributed by atoms with Crippen molar-refractivity contribution in [1.82, 2.24) is 4.90 Å². The van der Waals surface area contributed by atoms with Crippen LogP contribution < -0.4 is 5.73 Å². The van der Waals surface area contributed by atoms with E-state index in [1.807, 2.05) is 0 Å². The first kappa shape index (κ1) is 14.3. The van der Waals surface area contributed by atoms with Crippen LogP contribution in [0.15, 0.2) is 0 Å². The molecule has 0 bridgehead atoms. The summed E-state index contributed by atoms with van der Waals surface area (Å²) in [5, 5.41) is 0. The van der Waals surface area contributed by atoms with Crippen molar-refractivity contribution in [2.24, 2.45) is 11.7 Å². The van der Waals surface area contributed by atoms with Crippen molar-refractivity contribution >= 4 is 0 Å². The van der Waals surface area contributed by atoms with E-state index >= 15 is 0 Å². The number of nitrogens with two attached hydrogens (primary N) is 1. The Morgan fingerprint density at radius 1 is 1.11 bits per heavy atom. The monoisotopic (exact) mass is 252 g/mol. The van der Waals surface area contributed by atoms with E-state index < -0.39 is 0 Å². The fraction of sp³-hybridized carbons (Fsp3) is 1.00. The maximum absolute atomic E-state index is 6.26. The minimum atomic E-state index is 0.347. The molecule has 18 heavy (non-hydrogen) atoms. The van der Waals surface area contributed by atoms with E-state index in [0.717, 1.165) is 18.5 Å². The molecule has 2 rings (SSSR count). The van der Waals surface area contributed by atoms with E-state index in [2.05, 4.69) is 18.7 Å². The molecule has 1 aliphatic heterocycles. The van der Waals surface area contributed by atoms with Crippen molar-refractivity contribution in [3.63, 3.8) is 0 Å². The van der Waals surface area contributed by atoms with E-state index in [9.17, 15) is 0 Å². The van der Waals surface area contributed by atoms with Crippen LogP contribution in [-0.4, -0.2) is 29.6 Å². The number of likely N-dealkylation sites (tertiary alicyclic amines) is 1. The van der Waals surface area contributed by atoms with Crippen LogP contribution in [0, 0.1) is 5.92 Å². The molecule has 0 radical (unpaired) electrons. The Balaban J connectivity index is 2.13. The second-order valence-electron chi connectivity index (χ2n) is 6.55. The van der Waals surface area contributed by atoms with Crippen molar-refractivity contribution in [2.45, 2.75) is 83.2 Å². The Bertz CT molecular complexity index is 253. The first-order chi connectivity index (χ1) is 8.75. The van der Waals surface area contributed by atoms with Gasteiger partial charge in [0.15, 0.2) is 0 Å². The molecule has 1 saturated carbocycles. The zero-order valence-corrected chi connectivity index (χ0v) is 12.5. The molecule has 0 aromatic carbocycles. The van der Waals surface area contributed by atoms with E-state index in [1.54, 1.807) is 0 Å². The van der Waals surface area contributed by atoms with Gasteiger partial charge in [-0.05, 0) is 44.6 Å². The zero-order valence-electron chi connectivity index (χ0n) is 12.5. The van der Waals surface area contributed by atoms with Gasteiger partial charge in [0, 0.05) is 18.1 Å². The van der Waals surface area contributed by atoms with Gasteiger partial charge in [0.1, 0.15) is 0 Å². The Hall–Kier alpha value is -0.0800. The lowest BCUT2D eigenvalue weighted by molar-refractivity contribution is -0.0185. The SMILES string of the molecule is CCC1CCCC(CN)(N2CCCCC2CC)C1. The summed E-state index contributed by atoms with van der Waals surface area (Å²) in [7, 11) is 0. The molecule has 1 heterocycles. The topological polar surface area (TPSA) is 29.3 Å². The summed E-state index contributed by atoms with van der Waals surface area (Å²) in [4.78, 5) is 2.83. The lowest BCUT2D eigenvalue weighted by atomic mass is 9.72. The molecule has 1 saturated heterocycles. The van der Waals surface area contributed by atoms with Gasteiger partial charge < -0.3 is 5.73 Å². The smallest absolute Gasteiger partial charge is 0.0337 e. The molecule has 2 fully saturated rings. The highest BCUT2D eigenvalue weighted by molar-refractivity contribution is 4.99. The zero-order chi connectivity index (χ0) is 13.0. The summed E-state index contributed by atoms with van der Waals surface area (Å²) in [6, 6.07) is 0.804. The normalized spacial score (nSPS) is 38.8. The molecular weight excluding hydrogens is 220 g/mol. The van der Waals surface area contributed by atoms with Gasteiger partial charge in [-0.3, -0.25) is 4.90 Å². The number of hydrogen-bond acceptors (Lipinski definition) is 2. The molecule has 106 valence electrons. The van der Waals surface area contributed by atoms with Crippen LogP contribution in [-0.2, 0) is 0 Å². The van der Waals surface area contributed by atoms with Crippen LogP contribution in [0.1, 0.15) is 71.6 Å². The van der Waals surface area contributed by atoms with Crippen molar-refractivity contribution < 1.29 is 0 Å². The van der Waals surface area contributed by atoms with Crippen molar-refractivity contribution in [2.75, 3.05) is 13.1 Å². The van der Waals surface area contributed by atoms with E-state index in [-0.39, 0.29) is 0 Å². The summed E-state index contributed by atoms with van der Waals surface area (Å²) in [5.74, 6) is 0.918. The van der Waals surface area contributed by atoms with Crippen LogP contribution in [0.5, 0.6) is 0 Å². The highest BCUT2D eigenvalue weighted by Crippen LogP contribution is 2.41. The van der Waals surface area contributed by atoms with E-state index in [4.69, 9.17) is 5.73 Å². The fourth-order valence-electron chi connectivity index (χ4n) is 4.42. The number of nitrogens with zero attached hydrogens (tertiary/aromatic N) is 1. The molecular formula is C16H32N2. The third-order valence-corrected chi connectivity index (χ3v) is 5.59. The lowest BCUT2D eigenvalue weighted by Gasteiger charge is -2.53. The minimum absolute atomic E-state index is 0.347. The molecule has 2 N–H and O–H groups in total. The number of hydrogen-bond donors (Lipinski definition) is 1. The Morgan fingerprint density at radius 3 is 2.61 bits per heavy atom. The highest BCUT2D eigenvalue weighted by Gasteiger charge is 2.42. The molecule has 1 aliphatic carbocycles. The van der Waals surface area contributed by atoms with E-state index in [0.29, 0.717) is 5.54 Å². The first-order valence-corrected chi connectivity index (χ1v) is 8.22. The minimum Gasteiger partial charge on any atom is -0.329 e. The van der Waals surface area contributed by atoms with Crippen LogP contribution >= 0.6 is 0 Å². The van der Waals surface area contributed by atoms with Crippen LogP contribution in [0.3, 0.4) is 0 Å². The summed E-state index contributed by atoms with van der Waals surface area (Å²) < 4.78 is 0. The molecule has 2 heteroatoms. The molecule has 0 spiro atoms. The van der Waals surface area contributed by atoms with Crippen LogP contribution in [0.25, 0.3) is 0 Å². The van der Waals surface area contributed by atoms with Gasteiger partial charge in [0.2, 0.25) is 0 Å². The van der Waals surface area contributed by atoms with Crippen molar-refractivity contribution in [1.29, 1.82) is 0 Å². The fourth-order valence-corrected chi connectivity index (χ4v) is 4.42. The van der Waals surface area contributed by atoms with Gasteiger partial charge >= 0.3 is 0 Å². The molecule has 0 aromatic rings. The maximum atomic E-state index is 6.26. The maximum Gasteiger partial charge on any atom is 0.0337 e. The second kappa shape index (κ2) is 6.38. The third-order valence-electron chi connectivity index (χ3n) is 5.59. The molecule has 2 nitrogen and oxygen atoms in total. The van der Waals surface area contributed by atoms with Crippen molar-refractivity contribution in [3.05, 3.63) is 0 Å². The molecule has 3 unspecified atom stereocenters. The summed E-state index contributed by atoms with van der Waals surface area (Å²) in [6.07, 6.45) is 12.4. The average molecular weight is 252 g/mol.